The number of nitrogens with two attached hydrogens (primary N) is 1. The fraction of sp³-hybridized carbons (Fsp3) is 0.455. The quantitative estimate of drug-likeness (QED) is 0.709. The molecule has 2 N–H and O–H groups in total. The van der Waals surface area contributed by atoms with E-state index in [4.69, 9.17) is 5.73 Å². The molecular weight excluding hydrogens is 165 g/mol. The average molecular weight is 181 g/mol. The van der Waals surface area contributed by atoms with Crippen LogP contribution in [0, 0.1) is 12.7 Å². The Morgan fingerprint density at radius 2 is 2.00 bits per heavy atom. The predicted octanol–water partition coefficient (Wildman–Crippen LogP) is 2.42. The molecule has 0 unspecified atom stereocenters. The average Bonchev–Trinajstić information content (AvgIpc) is 2.03. The Labute approximate surface area is 78.8 Å². The molecule has 0 aliphatic carbocycles. The van der Waals surface area contributed by atoms with Gasteiger partial charge in [0.2, 0.25) is 0 Å². The van der Waals surface area contributed by atoms with Crippen molar-refractivity contribution in [2.75, 3.05) is 6.54 Å². The van der Waals surface area contributed by atoms with Gasteiger partial charge in [-0.05, 0) is 56.0 Å². The van der Waals surface area contributed by atoms with Crippen molar-refractivity contribution < 1.29 is 4.39 Å². The molecule has 0 saturated carbocycles. The van der Waals surface area contributed by atoms with Gasteiger partial charge in [-0.2, -0.15) is 0 Å². The molecule has 0 aromatic heterocycles. The minimum atomic E-state index is -0.136. The first kappa shape index (κ1) is 10.2. The topological polar surface area (TPSA) is 26.0 Å². The van der Waals surface area contributed by atoms with Gasteiger partial charge in [-0.3, -0.25) is 0 Å². The zero-order chi connectivity index (χ0) is 9.68. The summed E-state index contributed by atoms with van der Waals surface area (Å²) in [4.78, 5) is 0. The molecule has 13 heavy (non-hydrogen) atoms. The van der Waals surface area contributed by atoms with E-state index in [0.717, 1.165) is 30.4 Å². The third kappa shape index (κ3) is 3.55. The smallest absolute Gasteiger partial charge is 0.123 e. The molecule has 0 bridgehead atoms. The Morgan fingerprint density at radius 1 is 1.23 bits per heavy atom. The maximum absolute atomic E-state index is 12.9. The van der Waals surface area contributed by atoms with Gasteiger partial charge < -0.3 is 5.73 Å². The molecule has 2 heteroatoms. The van der Waals surface area contributed by atoms with Crippen LogP contribution in [0.4, 0.5) is 4.39 Å². The highest BCUT2D eigenvalue weighted by Gasteiger charge is 1.97. The molecule has 1 aromatic rings. The van der Waals surface area contributed by atoms with E-state index in [-0.39, 0.29) is 5.82 Å². The minimum absolute atomic E-state index is 0.136. The van der Waals surface area contributed by atoms with Crippen LogP contribution >= 0.6 is 0 Å². The molecule has 1 nitrogen and oxygen atoms in total. The SMILES string of the molecule is Cc1cc(F)cc(CCCCN)c1. The Morgan fingerprint density at radius 3 is 2.62 bits per heavy atom. The number of hydrogen-bond acceptors (Lipinski definition) is 1. The maximum Gasteiger partial charge on any atom is 0.123 e. The van der Waals surface area contributed by atoms with E-state index < -0.39 is 0 Å². The monoisotopic (exact) mass is 181 g/mol. The molecule has 0 fully saturated rings. The standard InChI is InChI=1S/C11H16FN/c1-9-6-10(4-2-3-5-13)8-11(12)7-9/h6-8H,2-5,13H2,1H3. The summed E-state index contributed by atoms with van der Waals surface area (Å²) < 4.78 is 12.9. The molecule has 0 heterocycles. The summed E-state index contributed by atoms with van der Waals surface area (Å²) in [7, 11) is 0. The number of aryl methyl sites for hydroxylation is 2. The van der Waals surface area contributed by atoms with Gasteiger partial charge in [0.05, 0.1) is 0 Å². The van der Waals surface area contributed by atoms with Gasteiger partial charge in [0.25, 0.3) is 0 Å². The second-order valence-corrected chi connectivity index (χ2v) is 3.38. The molecule has 72 valence electrons. The van der Waals surface area contributed by atoms with Crippen LogP contribution in [0.15, 0.2) is 18.2 Å². The fourth-order valence-electron chi connectivity index (χ4n) is 1.43. The molecule has 0 saturated heterocycles. The van der Waals surface area contributed by atoms with Crippen LogP contribution in [-0.2, 0) is 6.42 Å². The highest BCUT2D eigenvalue weighted by atomic mass is 19.1. The van der Waals surface area contributed by atoms with E-state index in [1.807, 2.05) is 13.0 Å². The lowest BCUT2D eigenvalue weighted by Gasteiger charge is -2.02. The van der Waals surface area contributed by atoms with Crippen molar-refractivity contribution in [3.63, 3.8) is 0 Å². The third-order valence-electron chi connectivity index (χ3n) is 2.02. The Bertz CT molecular complexity index is 251. The van der Waals surface area contributed by atoms with Gasteiger partial charge in [-0.1, -0.05) is 6.07 Å². The molecular formula is C11H16FN. The van der Waals surface area contributed by atoms with Crippen LogP contribution in [0.25, 0.3) is 0 Å². The molecule has 0 radical (unpaired) electrons. The fourth-order valence-corrected chi connectivity index (χ4v) is 1.43. The molecule has 1 aromatic carbocycles. The van der Waals surface area contributed by atoms with Crippen molar-refractivity contribution in [3.05, 3.63) is 35.1 Å². The van der Waals surface area contributed by atoms with Crippen molar-refractivity contribution >= 4 is 0 Å². The molecule has 0 spiro atoms. The first-order valence-electron chi connectivity index (χ1n) is 4.68. The van der Waals surface area contributed by atoms with Crippen LogP contribution in [0.5, 0.6) is 0 Å². The van der Waals surface area contributed by atoms with E-state index in [0.29, 0.717) is 6.54 Å². The van der Waals surface area contributed by atoms with Gasteiger partial charge in [-0.15, -0.1) is 0 Å². The minimum Gasteiger partial charge on any atom is -0.330 e. The third-order valence-corrected chi connectivity index (χ3v) is 2.02. The molecule has 0 atom stereocenters. The van der Waals surface area contributed by atoms with Crippen molar-refractivity contribution in [2.45, 2.75) is 26.2 Å². The number of hydrogen-bond donors (Lipinski definition) is 1. The lowest BCUT2D eigenvalue weighted by Crippen LogP contribution is -1.99. The largest absolute Gasteiger partial charge is 0.330 e. The van der Waals surface area contributed by atoms with E-state index in [9.17, 15) is 4.39 Å². The zero-order valence-corrected chi connectivity index (χ0v) is 8.02. The van der Waals surface area contributed by atoms with E-state index in [1.54, 1.807) is 12.1 Å². The van der Waals surface area contributed by atoms with Crippen LogP contribution in [0.3, 0.4) is 0 Å². The second-order valence-electron chi connectivity index (χ2n) is 3.38. The number of halogens is 1. The van der Waals surface area contributed by atoms with Gasteiger partial charge in [0, 0.05) is 0 Å². The van der Waals surface area contributed by atoms with E-state index in [1.165, 1.54) is 0 Å². The summed E-state index contributed by atoms with van der Waals surface area (Å²) in [5.74, 6) is -0.136. The number of unbranched alkanes of at least 4 members (excludes halogenated alkanes) is 1. The van der Waals surface area contributed by atoms with Gasteiger partial charge in [0.15, 0.2) is 0 Å². The van der Waals surface area contributed by atoms with Gasteiger partial charge in [-0.25, -0.2) is 4.39 Å². The molecule has 0 aliphatic rings. The van der Waals surface area contributed by atoms with Gasteiger partial charge >= 0.3 is 0 Å². The van der Waals surface area contributed by atoms with Crippen LogP contribution in [0.2, 0.25) is 0 Å². The van der Waals surface area contributed by atoms with Gasteiger partial charge in [0.1, 0.15) is 5.82 Å². The molecule has 0 amide bonds. The normalized spacial score (nSPS) is 10.4. The summed E-state index contributed by atoms with van der Waals surface area (Å²) in [6.07, 6.45) is 2.98. The molecule has 0 aliphatic heterocycles. The Balaban J connectivity index is 2.56. The van der Waals surface area contributed by atoms with Crippen molar-refractivity contribution in [3.8, 4) is 0 Å². The van der Waals surface area contributed by atoms with Crippen LogP contribution in [0.1, 0.15) is 24.0 Å². The summed E-state index contributed by atoms with van der Waals surface area (Å²) >= 11 is 0. The Hall–Kier alpha value is -0.890. The second kappa shape index (κ2) is 4.97. The highest BCUT2D eigenvalue weighted by molar-refractivity contribution is 5.23. The van der Waals surface area contributed by atoms with Crippen LogP contribution in [-0.4, -0.2) is 6.54 Å². The molecule has 1 rings (SSSR count). The summed E-state index contributed by atoms with van der Waals surface area (Å²) in [6.45, 7) is 2.63. The Kier molecular flexibility index (Phi) is 3.90. The number of benzene rings is 1. The summed E-state index contributed by atoms with van der Waals surface area (Å²) in [6, 6.07) is 5.18. The summed E-state index contributed by atoms with van der Waals surface area (Å²) in [5.41, 5.74) is 7.44. The van der Waals surface area contributed by atoms with Crippen LogP contribution < -0.4 is 5.73 Å². The van der Waals surface area contributed by atoms with Crippen molar-refractivity contribution in [1.82, 2.24) is 0 Å². The lowest BCUT2D eigenvalue weighted by molar-refractivity contribution is 0.622. The van der Waals surface area contributed by atoms with E-state index >= 15 is 0 Å². The first-order valence-corrected chi connectivity index (χ1v) is 4.68. The first-order chi connectivity index (χ1) is 6.22. The number of rotatable bonds is 4. The summed E-state index contributed by atoms with van der Waals surface area (Å²) in [5, 5.41) is 0. The zero-order valence-electron chi connectivity index (χ0n) is 8.02. The van der Waals surface area contributed by atoms with E-state index in [2.05, 4.69) is 0 Å². The predicted molar refractivity (Wildman–Crippen MR) is 53.1 cm³/mol. The van der Waals surface area contributed by atoms with Crippen molar-refractivity contribution in [1.29, 1.82) is 0 Å². The van der Waals surface area contributed by atoms with Crippen molar-refractivity contribution in [2.24, 2.45) is 5.73 Å². The maximum atomic E-state index is 12.9. The highest BCUT2D eigenvalue weighted by Crippen LogP contribution is 2.10. The lowest BCUT2D eigenvalue weighted by atomic mass is 10.1.